The van der Waals surface area contributed by atoms with E-state index in [1.54, 1.807) is 0 Å². The number of hydrogen-bond acceptors (Lipinski definition) is 1. The molecule has 0 N–H and O–H groups in total. The number of rotatable bonds is 6. The Morgan fingerprint density at radius 1 is 1.28 bits per heavy atom. The fourth-order valence-corrected chi connectivity index (χ4v) is 5.76. The van der Waals surface area contributed by atoms with Gasteiger partial charge in [-0.05, 0) is 11.7 Å². The van der Waals surface area contributed by atoms with Crippen LogP contribution < -0.4 is 51.4 Å². The van der Waals surface area contributed by atoms with Crippen molar-refractivity contribution in [3.63, 3.8) is 0 Å². The van der Waals surface area contributed by atoms with Gasteiger partial charge in [0.2, 0.25) is 0 Å². The Morgan fingerprint density at radius 3 is 1.89 bits per heavy atom. The molecule has 0 aliphatic heterocycles. The first-order chi connectivity index (χ1) is 7.32. The molecule has 0 bridgehead atoms. The van der Waals surface area contributed by atoms with Crippen LogP contribution >= 0.6 is 0 Å². The van der Waals surface area contributed by atoms with E-state index in [-0.39, 0.29) is 63.1 Å². The van der Waals surface area contributed by atoms with E-state index in [1.165, 1.54) is 0 Å². The van der Waals surface area contributed by atoms with Gasteiger partial charge in [-0.15, -0.1) is 12.1 Å². The molecular weight excluding hydrogens is 297 g/mol. The van der Waals surface area contributed by atoms with Crippen LogP contribution in [0.1, 0.15) is 13.8 Å². The van der Waals surface area contributed by atoms with Crippen molar-refractivity contribution >= 4 is 24.7 Å². The normalized spacial score (nSPS) is 13.4. The first kappa shape index (κ1) is 21.9. The average Bonchev–Trinajstić information content (AvgIpc) is 2.09. The van der Waals surface area contributed by atoms with Crippen LogP contribution in [0.5, 0.6) is 0 Å². The number of hydrogen-bond donors (Lipinski definition) is 0. The largest absolute Gasteiger partial charge is 1.00 e. The van der Waals surface area contributed by atoms with Crippen molar-refractivity contribution < 1.29 is 64.3 Å². The number of halogens is 3. The van der Waals surface area contributed by atoms with E-state index in [0.29, 0.717) is 9.52 Å². The van der Waals surface area contributed by atoms with Gasteiger partial charge < -0.3 is 17.5 Å². The smallest absolute Gasteiger partial charge is 0.445 e. The maximum Gasteiger partial charge on any atom is 1.00 e. The summed E-state index contributed by atoms with van der Waals surface area (Å²) in [5.74, 6) is 0. The zero-order chi connectivity index (χ0) is 14.1. The van der Waals surface area contributed by atoms with E-state index in [9.17, 15) is 12.9 Å². The fraction of sp³-hybridized carbons (Fsp3) is 0.800. The Balaban J connectivity index is 0. The summed E-state index contributed by atoms with van der Waals surface area (Å²) in [7, 11) is -1.21. The molecule has 0 aliphatic carbocycles. The van der Waals surface area contributed by atoms with E-state index in [4.69, 9.17) is 0 Å². The fourth-order valence-electron chi connectivity index (χ4n) is 1.71. The average molecular weight is 319 g/mol. The minimum atomic E-state index is -4.92. The van der Waals surface area contributed by atoms with E-state index in [0.717, 1.165) is 0 Å². The zero-order valence-electron chi connectivity index (χ0n) is 12.6. The van der Waals surface area contributed by atoms with Crippen molar-refractivity contribution in [1.82, 2.24) is 4.57 Å². The van der Waals surface area contributed by atoms with Crippen molar-refractivity contribution in [3.05, 3.63) is 12.1 Å². The maximum atomic E-state index is 12.6. The molecule has 0 atom stereocenters. The Hall–Kier alpha value is 1.63. The van der Waals surface area contributed by atoms with Gasteiger partial charge in [-0.25, -0.2) is 0 Å². The van der Waals surface area contributed by atoms with Gasteiger partial charge in [0.25, 0.3) is 0 Å². The molecule has 0 amide bonds. The summed E-state index contributed by atoms with van der Waals surface area (Å²) in [5, 5.41) is -0.186. The second-order valence-corrected chi connectivity index (χ2v) is 12.4. The molecule has 0 aromatic rings. The predicted octanol–water partition coefficient (Wildman–Crippen LogP) is 0.559. The Morgan fingerprint density at radius 2 is 1.67 bits per heavy atom. The standard InChI is InChI=1S/C10H22BF3NSi2.K/c1-9(11(12,13)14)8-15(17(5,6)7)10(2,3)16-4;/h1,8H2,2-7H3;/q-1;+1. The zero-order valence-corrected chi connectivity index (χ0v) is 17.7. The molecule has 0 aromatic heterocycles. The van der Waals surface area contributed by atoms with Crippen LogP contribution in [0.3, 0.4) is 0 Å². The summed E-state index contributed by atoms with van der Waals surface area (Å²) < 4.78 is 40.0. The second-order valence-electron chi connectivity index (χ2n) is 5.80. The van der Waals surface area contributed by atoms with Gasteiger partial charge in [0.05, 0.1) is 9.52 Å². The van der Waals surface area contributed by atoms with Crippen molar-refractivity contribution in [2.45, 2.75) is 45.2 Å². The molecule has 0 aromatic carbocycles. The molecule has 100 valence electrons. The third kappa shape index (κ3) is 6.87. The van der Waals surface area contributed by atoms with Gasteiger partial charge in [0.1, 0.15) is 8.24 Å². The predicted molar refractivity (Wildman–Crippen MR) is 74.0 cm³/mol. The molecule has 0 rings (SSSR count). The van der Waals surface area contributed by atoms with Gasteiger partial charge in [0.15, 0.2) is 0 Å². The quantitative estimate of drug-likeness (QED) is 0.647. The van der Waals surface area contributed by atoms with Crippen LogP contribution in [0, 0.1) is 0 Å². The molecular formula is C10H22BF3KNSi2. The minimum absolute atomic E-state index is 0. The van der Waals surface area contributed by atoms with Crippen LogP contribution in [0.4, 0.5) is 12.9 Å². The SMILES string of the molecule is C=C(CN(C(C)(C)[Si]C)[Si](C)(C)C)[B-](F)(F)F.[K+]. The molecule has 0 heterocycles. The van der Waals surface area contributed by atoms with Crippen LogP contribution in [-0.2, 0) is 0 Å². The Labute approximate surface area is 155 Å². The molecule has 0 fully saturated rings. The van der Waals surface area contributed by atoms with Crippen molar-refractivity contribution in [1.29, 1.82) is 0 Å². The third-order valence-corrected chi connectivity index (χ3v) is 6.97. The summed E-state index contributed by atoms with van der Waals surface area (Å²) in [6, 6.07) is 0. The summed E-state index contributed by atoms with van der Waals surface area (Å²) in [6.45, 7) is 10.5. The topological polar surface area (TPSA) is 3.24 Å². The monoisotopic (exact) mass is 319 g/mol. The Bertz CT molecular complexity index is 290. The first-order valence-corrected chi connectivity index (χ1v) is 10.6. The Kier molecular flexibility index (Phi) is 9.23. The number of nitrogens with zero attached hydrogens (tertiary/aromatic N) is 1. The molecule has 1 nitrogen and oxygen atoms in total. The molecule has 18 heavy (non-hydrogen) atoms. The van der Waals surface area contributed by atoms with Crippen LogP contribution in [-0.4, -0.2) is 41.0 Å². The summed E-state index contributed by atoms with van der Waals surface area (Å²) >= 11 is 0. The minimum Gasteiger partial charge on any atom is -0.445 e. The van der Waals surface area contributed by atoms with E-state index >= 15 is 0 Å². The molecule has 8 heteroatoms. The second kappa shape index (κ2) is 7.58. The molecule has 0 saturated heterocycles. The van der Waals surface area contributed by atoms with Gasteiger partial charge >= 0.3 is 58.4 Å². The first-order valence-electron chi connectivity index (χ1n) is 5.66. The summed E-state index contributed by atoms with van der Waals surface area (Å²) in [6.07, 6.45) is 0. The van der Waals surface area contributed by atoms with Crippen LogP contribution in [0.2, 0.25) is 26.2 Å². The summed E-state index contributed by atoms with van der Waals surface area (Å²) in [4.78, 5) is 0. The summed E-state index contributed by atoms with van der Waals surface area (Å²) in [5.41, 5.74) is -0.584. The van der Waals surface area contributed by atoms with Crippen molar-refractivity contribution in [2.24, 2.45) is 0 Å². The van der Waals surface area contributed by atoms with E-state index in [1.807, 2.05) is 25.0 Å². The van der Waals surface area contributed by atoms with E-state index < -0.39 is 20.7 Å². The molecule has 2 radical (unpaired) electrons. The van der Waals surface area contributed by atoms with Gasteiger partial charge in [-0.3, -0.25) is 0 Å². The maximum absolute atomic E-state index is 12.6. The molecule has 0 spiro atoms. The van der Waals surface area contributed by atoms with Gasteiger partial charge in [-0.2, -0.15) is 0 Å². The molecule has 0 aliphatic rings. The van der Waals surface area contributed by atoms with Gasteiger partial charge in [-0.1, -0.05) is 40.0 Å². The third-order valence-electron chi connectivity index (χ3n) is 2.92. The van der Waals surface area contributed by atoms with E-state index in [2.05, 4.69) is 26.2 Å². The van der Waals surface area contributed by atoms with Gasteiger partial charge in [0, 0.05) is 0 Å². The van der Waals surface area contributed by atoms with Crippen LogP contribution in [0.15, 0.2) is 12.1 Å². The molecule has 0 unspecified atom stereocenters. The molecule has 0 saturated carbocycles. The van der Waals surface area contributed by atoms with Crippen molar-refractivity contribution in [2.75, 3.05) is 6.54 Å². The van der Waals surface area contributed by atoms with Crippen molar-refractivity contribution in [3.8, 4) is 0 Å². The van der Waals surface area contributed by atoms with Crippen LogP contribution in [0.25, 0.3) is 0 Å².